The van der Waals surface area contributed by atoms with E-state index in [-0.39, 0.29) is 0 Å². The molecule has 0 aliphatic heterocycles. The van der Waals surface area contributed by atoms with Crippen molar-refractivity contribution in [3.8, 4) is 66.8 Å². The topological polar surface area (TPSA) is 63.9 Å². The van der Waals surface area contributed by atoms with Crippen molar-refractivity contribution in [3.63, 3.8) is 0 Å². The zero-order valence-electron chi connectivity index (χ0n) is 39.1. The number of nitrogens with zero attached hydrogens (tertiary/aromatic N) is 1. The zero-order chi connectivity index (χ0) is 46.9. The van der Waals surface area contributed by atoms with Crippen LogP contribution in [-0.2, 0) is 16.8 Å². The van der Waals surface area contributed by atoms with Crippen molar-refractivity contribution < 1.29 is 15.3 Å². The maximum absolute atomic E-state index is 10.4. The fourth-order valence-electron chi connectivity index (χ4n) is 8.63. The number of rotatable bonds is 12. The third-order valence-electron chi connectivity index (χ3n) is 12.8. The first kappa shape index (κ1) is 44.8. The summed E-state index contributed by atoms with van der Waals surface area (Å²) in [6.45, 7) is 10.8. The Balaban J connectivity index is 0.983. The SMILES string of the molecule is CC(C)(O)c1ccc(-c2ccc(-c3ccc(N(c4ccc(-c5ccc(-c6ccc(C(C)(C)O)cc6)cc5)cc4)c4ccc(-c5ccc(-c6ccc(C(C)(C)O)cc6)cc5)cc4)cc3)cc2)cc1. The number of benzene rings is 9. The Bertz CT molecular complexity index is 2720. The van der Waals surface area contributed by atoms with Crippen LogP contribution in [-0.4, -0.2) is 15.3 Å². The van der Waals surface area contributed by atoms with Gasteiger partial charge in [-0.2, -0.15) is 0 Å². The Morgan fingerprint density at radius 1 is 0.209 bits per heavy atom. The van der Waals surface area contributed by atoms with Crippen molar-refractivity contribution in [1.82, 2.24) is 0 Å². The largest absolute Gasteiger partial charge is 0.386 e. The highest BCUT2D eigenvalue weighted by molar-refractivity contribution is 5.82. The van der Waals surface area contributed by atoms with Crippen LogP contribution in [0.1, 0.15) is 58.2 Å². The molecular formula is C63H57NO3. The van der Waals surface area contributed by atoms with Gasteiger partial charge in [0.15, 0.2) is 0 Å². The van der Waals surface area contributed by atoms with Crippen LogP contribution in [0, 0.1) is 0 Å². The molecule has 3 N–H and O–H groups in total. The zero-order valence-corrected chi connectivity index (χ0v) is 39.1. The molecule has 0 bridgehead atoms. The van der Waals surface area contributed by atoms with Gasteiger partial charge in [0, 0.05) is 17.1 Å². The summed E-state index contributed by atoms with van der Waals surface area (Å²) >= 11 is 0. The van der Waals surface area contributed by atoms with Crippen LogP contribution in [0.25, 0.3) is 66.8 Å². The molecule has 4 nitrogen and oxygen atoms in total. The number of hydrogen-bond acceptors (Lipinski definition) is 4. The summed E-state index contributed by atoms with van der Waals surface area (Å²) in [5, 5.41) is 31.2. The second kappa shape index (κ2) is 18.1. The summed E-state index contributed by atoms with van der Waals surface area (Å²) in [4.78, 5) is 2.30. The highest BCUT2D eigenvalue weighted by Crippen LogP contribution is 2.39. The van der Waals surface area contributed by atoms with Gasteiger partial charge in [-0.15, -0.1) is 0 Å². The minimum Gasteiger partial charge on any atom is -0.386 e. The lowest BCUT2D eigenvalue weighted by Crippen LogP contribution is -2.14. The molecule has 0 atom stereocenters. The van der Waals surface area contributed by atoms with Gasteiger partial charge in [-0.1, -0.05) is 182 Å². The molecule has 0 amide bonds. The summed E-state index contributed by atoms with van der Waals surface area (Å²) < 4.78 is 0. The molecule has 0 fully saturated rings. The van der Waals surface area contributed by atoms with E-state index in [1.807, 2.05) is 36.4 Å². The highest BCUT2D eigenvalue weighted by Gasteiger charge is 2.19. The molecule has 0 aliphatic carbocycles. The Labute approximate surface area is 395 Å². The summed E-state index contributed by atoms with van der Waals surface area (Å²) in [5.41, 5.74) is 16.7. The van der Waals surface area contributed by atoms with Crippen molar-refractivity contribution in [2.45, 2.75) is 58.3 Å². The Morgan fingerprint density at radius 2 is 0.328 bits per heavy atom. The highest BCUT2D eigenvalue weighted by atomic mass is 16.3. The predicted octanol–water partition coefficient (Wildman–Crippen LogP) is 15.8. The van der Waals surface area contributed by atoms with Gasteiger partial charge in [0.1, 0.15) is 0 Å². The van der Waals surface area contributed by atoms with Gasteiger partial charge in [0.2, 0.25) is 0 Å². The molecule has 0 saturated carbocycles. The molecule has 0 heterocycles. The molecule has 0 saturated heterocycles. The minimum absolute atomic E-state index is 0.873. The molecule has 4 heteroatoms. The number of aliphatic hydroxyl groups is 3. The number of anilines is 3. The maximum atomic E-state index is 10.4. The molecule has 0 aliphatic rings. The minimum atomic E-state index is -0.873. The standard InChI is InChI=1S/C63H57NO3/c1-61(2,65)55-31-19-49(20-32-55)43-7-13-46(14-8-43)52-25-37-58(38-26-52)64(59-39-27-53(28-40-59)47-15-9-44(10-16-47)50-21-33-56(34-22-50)62(3,4)66)60-41-29-54(30-42-60)48-17-11-45(12-18-48)51-23-35-57(36-24-51)63(5,6)67/h7-42,65-67H,1-6H3. The van der Waals surface area contributed by atoms with Crippen LogP contribution in [0.15, 0.2) is 218 Å². The van der Waals surface area contributed by atoms with E-state index in [0.29, 0.717) is 0 Å². The molecule has 0 spiro atoms. The van der Waals surface area contributed by atoms with Crippen LogP contribution < -0.4 is 4.90 Å². The molecular weight excluding hydrogens is 819 g/mol. The lowest BCUT2D eigenvalue weighted by Gasteiger charge is -2.26. The quantitative estimate of drug-likeness (QED) is 0.114. The average molecular weight is 876 g/mol. The van der Waals surface area contributed by atoms with Crippen LogP contribution in [0.4, 0.5) is 17.1 Å². The second-order valence-electron chi connectivity index (χ2n) is 19.1. The van der Waals surface area contributed by atoms with E-state index in [2.05, 4.69) is 187 Å². The van der Waals surface area contributed by atoms with Crippen molar-refractivity contribution in [3.05, 3.63) is 235 Å². The Kier molecular flexibility index (Phi) is 12.1. The molecule has 0 unspecified atom stereocenters. The summed E-state index contributed by atoms with van der Waals surface area (Å²) in [6.07, 6.45) is 0. The van der Waals surface area contributed by atoms with Gasteiger partial charge >= 0.3 is 0 Å². The predicted molar refractivity (Wildman–Crippen MR) is 279 cm³/mol. The van der Waals surface area contributed by atoms with Crippen molar-refractivity contribution in [1.29, 1.82) is 0 Å². The Hall–Kier alpha value is -7.34. The van der Waals surface area contributed by atoms with Gasteiger partial charge in [0.05, 0.1) is 16.8 Å². The molecule has 0 aromatic heterocycles. The molecule has 9 rings (SSSR count). The lowest BCUT2D eigenvalue weighted by atomic mass is 9.94. The summed E-state index contributed by atoms with van der Waals surface area (Å²) in [5.74, 6) is 0. The summed E-state index contributed by atoms with van der Waals surface area (Å²) in [7, 11) is 0. The van der Waals surface area contributed by atoms with Gasteiger partial charge in [0.25, 0.3) is 0 Å². The average Bonchev–Trinajstić information content (AvgIpc) is 3.34. The first-order valence-electron chi connectivity index (χ1n) is 23.0. The van der Waals surface area contributed by atoms with E-state index in [4.69, 9.17) is 0 Å². The van der Waals surface area contributed by atoms with E-state index in [1.165, 1.54) is 0 Å². The first-order chi connectivity index (χ1) is 32.1. The molecule has 332 valence electrons. The van der Waals surface area contributed by atoms with Gasteiger partial charge in [-0.05, 0) is 161 Å². The first-order valence-corrected chi connectivity index (χ1v) is 23.0. The molecule has 67 heavy (non-hydrogen) atoms. The van der Waals surface area contributed by atoms with Crippen molar-refractivity contribution in [2.24, 2.45) is 0 Å². The smallest absolute Gasteiger partial charge is 0.0840 e. The van der Waals surface area contributed by atoms with Gasteiger partial charge < -0.3 is 20.2 Å². The Morgan fingerprint density at radius 3 is 0.463 bits per heavy atom. The van der Waals surface area contributed by atoms with E-state index in [0.717, 1.165) is 101 Å². The van der Waals surface area contributed by atoms with E-state index in [9.17, 15) is 15.3 Å². The van der Waals surface area contributed by atoms with Crippen LogP contribution in [0.2, 0.25) is 0 Å². The second-order valence-corrected chi connectivity index (χ2v) is 19.1. The van der Waals surface area contributed by atoms with Gasteiger partial charge in [-0.3, -0.25) is 0 Å². The fourth-order valence-corrected chi connectivity index (χ4v) is 8.63. The van der Waals surface area contributed by atoms with Crippen molar-refractivity contribution in [2.75, 3.05) is 4.90 Å². The van der Waals surface area contributed by atoms with Crippen LogP contribution in [0.3, 0.4) is 0 Å². The van der Waals surface area contributed by atoms with Gasteiger partial charge in [-0.25, -0.2) is 0 Å². The van der Waals surface area contributed by atoms with E-state index in [1.54, 1.807) is 41.5 Å². The summed E-state index contributed by atoms with van der Waals surface area (Å²) in [6, 6.07) is 76.7. The normalized spacial score (nSPS) is 12.0. The third-order valence-corrected chi connectivity index (χ3v) is 12.8. The third kappa shape index (κ3) is 10.1. The number of hydrogen-bond donors (Lipinski definition) is 3. The monoisotopic (exact) mass is 875 g/mol. The maximum Gasteiger partial charge on any atom is 0.0840 e. The van der Waals surface area contributed by atoms with Crippen LogP contribution >= 0.6 is 0 Å². The molecule has 0 radical (unpaired) electrons. The lowest BCUT2D eigenvalue weighted by molar-refractivity contribution is 0.0780. The van der Waals surface area contributed by atoms with E-state index >= 15 is 0 Å². The molecule has 9 aromatic rings. The fraction of sp³-hybridized carbons (Fsp3) is 0.143. The van der Waals surface area contributed by atoms with E-state index < -0.39 is 16.8 Å². The molecule has 9 aromatic carbocycles. The van der Waals surface area contributed by atoms with Crippen molar-refractivity contribution >= 4 is 17.1 Å². The van der Waals surface area contributed by atoms with Crippen LogP contribution in [0.5, 0.6) is 0 Å².